The Morgan fingerprint density at radius 2 is 2.26 bits per heavy atom. The molecule has 8 heteroatoms. The quantitative estimate of drug-likeness (QED) is 0.902. The van der Waals surface area contributed by atoms with E-state index in [1.165, 1.54) is 13.3 Å². The van der Waals surface area contributed by atoms with Crippen molar-refractivity contribution in [2.45, 2.75) is 24.3 Å². The van der Waals surface area contributed by atoms with E-state index in [2.05, 4.69) is 9.82 Å². The molecule has 2 aromatic rings. The van der Waals surface area contributed by atoms with E-state index in [1.807, 2.05) is 6.92 Å². The van der Waals surface area contributed by atoms with Crippen LogP contribution in [0.3, 0.4) is 0 Å². The second kappa shape index (κ2) is 6.21. The molecule has 0 bridgehead atoms. The Labute approximate surface area is 135 Å². The summed E-state index contributed by atoms with van der Waals surface area (Å²) in [7, 11) is -2.30. The van der Waals surface area contributed by atoms with E-state index in [-0.39, 0.29) is 10.9 Å². The largest absolute Gasteiger partial charge is 0.495 e. The number of aromatic nitrogens is 2. The maximum atomic E-state index is 12.6. The summed E-state index contributed by atoms with van der Waals surface area (Å²) < 4.78 is 40.0. The van der Waals surface area contributed by atoms with Gasteiger partial charge in [-0.25, -0.2) is 8.42 Å². The van der Waals surface area contributed by atoms with Gasteiger partial charge < -0.3 is 9.47 Å². The van der Waals surface area contributed by atoms with Gasteiger partial charge in [-0.2, -0.15) is 5.10 Å². The van der Waals surface area contributed by atoms with E-state index in [9.17, 15) is 8.42 Å². The number of methoxy groups -OCH3 is 1. The molecule has 1 aromatic heterocycles. The first-order valence-electron chi connectivity index (χ1n) is 7.29. The minimum absolute atomic E-state index is 0.108. The lowest BCUT2D eigenvalue weighted by atomic mass is 10.2. The lowest BCUT2D eigenvalue weighted by Gasteiger charge is -2.11. The van der Waals surface area contributed by atoms with Crippen molar-refractivity contribution in [2.24, 2.45) is 0 Å². The maximum absolute atomic E-state index is 12.6. The average Bonchev–Trinajstić information content (AvgIpc) is 3.17. The Bertz CT molecular complexity index is 795. The van der Waals surface area contributed by atoms with Crippen LogP contribution in [0.4, 0.5) is 5.69 Å². The van der Waals surface area contributed by atoms with Gasteiger partial charge in [0.15, 0.2) is 0 Å². The van der Waals surface area contributed by atoms with Crippen LogP contribution in [0.15, 0.2) is 35.5 Å². The first-order valence-corrected chi connectivity index (χ1v) is 8.77. The van der Waals surface area contributed by atoms with Crippen molar-refractivity contribution in [1.29, 1.82) is 0 Å². The van der Waals surface area contributed by atoms with Gasteiger partial charge >= 0.3 is 0 Å². The number of anilines is 1. The zero-order valence-electron chi connectivity index (χ0n) is 13.0. The Hall–Kier alpha value is -2.06. The molecule has 1 saturated heterocycles. The maximum Gasteiger partial charge on any atom is 0.265 e. The Morgan fingerprint density at radius 3 is 2.96 bits per heavy atom. The number of hydrogen-bond donors (Lipinski definition) is 1. The van der Waals surface area contributed by atoms with Crippen LogP contribution < -0.4 is 9.46 Å². The molecule has 1 aliphatic heterocycles. The predicted octanol–water partition coefficient (Wildman–Crippen LogP) is 1.96. The summed E-state index contributed by atoms with van der Waals surface area (Å²) in [5, 5.41) is 4.21. The fourth-order valence-electron chi connectivity index (χ4n) is 2.53. The van der Waals surface area contributed by atoms with Gasteiger partial charge in [0.05, 0.1) is 31.6 Å². The average molecular weight is 337 g/mol. The van der Waals surface area contributed by atoms with E-state index in [1.54, 1.807) is 29.1 Å². The minimum atomic E-state index is -3.75. The number of nitrogens with one attached hydrogen (secondary N) is 1. The first kappa shape index (κ1) is 15.8. The fraction of sp³-hybridized carbons (Fsp3) is 0.400. The van der Waals surface area contributed by atoms with Crippen molar-refractivity contribution in [2.75, 3.05) is 25.0 Å². The standard InChI is InChI=1S/C15H19N3O4S/c1-11-3-4-14(21-2)15(7-11)23(19,20)17-12-8-16-18(9-12)13-5-6-22-10-13/h3-4,7-9,13,17H,5-6,10H2,1-2H3. The summed E-state index contributed by atoms with van der Waals surface area (Å²) in [6.45, 7) is 3.13. The van der Waals surface area contributed by atoms with Gasteiger partial charge in [0.2, 0.25) is 0 Å². The van der Waals surface area contributed by atoms with Crippen LogP contribution in [0.1, 0.15) is 18.0 Å². The highest BCUT2D eigenvalue weighted by atomic mass is 32.2. The van der Waals surface area contributed by atoms with Crippen LogP contribution >= 0.6 is 0 Å². The molecule has 0 spiro atoms. The van der Waals surface area contributed by atoms with Gasteiger partial charge in [-0.15, -0.1) is 0 Å². The zero-order valence-corrected chi connectivity index (χ0v) is 13.8. The summed E-state index contributed by atoms with van der Waals surface area (Å²) in [4.78, 5) is 0.108. The minimum Gasteiger partial charge on any atom is -0.495 e. The van der Waals surface area contributed by atoms with Crippen LogP contribution in [0.2, 0.25) is 0 Å². The molecule has 0 saturated carbocycles. The lowest BCUT2D eigenvalue weighted by molar-refractivity contribution is 0.184. The third kappa shape index (κ3) is 3.32. The molecule has 1 fully saturated rings. The summed E-state index contributed by atoms with van der Waals surface area (Å²) in [5.74, 6) is 0.305. The van der Waals surface area contributed by atoms with Crippen LogP contribution in [0, 0.1) is 6.92 Å². The number of benzene rings is 1. The second-order valence-corrected chi connectivity index (χ2v) is 7.14. The van der Waals surface area contributed by atoms with Gasteiger partial charge in [0.25, 0.3) is 10.0 Å². The smallest absolute Gasteiger partial charge is 0.265 e. The van der Waals surface area contributed by atoms with Crippen molar-refractivity contribution < 1.29 is 17.9 Å². The van der Waals surface area contributed by atoms with Crippen LogP contribution in [-0.4, -0.2) is 38.5 Å². The number of hydrogen-bond acceptors (Lipinski definition) is 5. The molecular weight excluding hydrogens is 318 g/mol. The molecule has 7 nitrogen and oxygen atoms in total. The third-order valence-electron chi connectivity index (χ3n) is 3.74. The molecule has 0 aliphatic carbocycles. The van der Waals surface area contributed by atoms with E-state index in [0.717, 1.165) is 12.0 Å². The number of sulfonamides is 1. The molecular formula is C15H19N3O4S. The summed E-state index contributed by atoms with van der Waals surface area (Å²) in [5.41, 5.74) is 1.26. The Balaban J connectivity index is 1.85. The molecule has 1 atom stereocenters. The van der Waals surface area contributed by atoms with Crippen molar-refractivity contribution >= 4 is 15.7 Å². The highest BCUT2D eigenvalue weighted by molar-refractivity contribution is 7.92. The summed E-state index contributed by atoms with van der Waals surface area (Å²) in [6.07, 6.45) is 4.05. The molecule has 0 radical (unpaired) electrons. The molecule has 1 unspecified atom stereocenters. The first-order chi connectivity index (χ1) is 11.0. The molecule has 1 aliphatic rings. The SMILES string of the molecule is COc1ccc(C)cc1S(=O)(=O)Nc1cnn(C2CCOC2)c1. The third-order valence-corrected chi connectivity index (χ3v) is 5.14. The van der Waals surface area contributed by atoms with Crippen LogP contribution in [0.25, 0.3) is 0 Å². The monoisotopic (exact) mass is 337 g/mol. The highest BCUT2D eigenvalue weighted by Crippen LogP contribution is 2.27. The topological polar surface area (TPSA) is 82.5 Å². The number of nitrogens with zero attached hydrogens (tertiary/aromatic N) is 2. The molecule has 1 aromatic carbocycles. The molecule has 3 rings (SSSR count). The predicted molar refractivity (Wildman–Crippen MR) is 85.2 cm³/mol. The number of ether oxygens (including phenoxy) is 2. The summed E-state index contributed by atoms with van der Waals surface area (Å²) >= 11 is 0. The molecule has 0 amide bonds. The van der Waals surface area contributed by atoms with Crippen molar-refractivity contribution in [1.82, 2.24) is 9.78 Å². The highest BCUT2D eigenvalue weighted by Gasteiger charge is 2.22. The van der Waals surface area contributed by atoms with Gasteiger partial charge in [0, 0.05) is 12.8 Å². The van der Waals surface area contributed by atoms with E-state index >= 15 is 0 Å². The van der Waals surface area contributed by atoms with Gasteiger partial charge in [0.1, 0.15) is 10.6 Å². The van der Waals surface area contributed by atoms with Crippen LogP contribution in [0.5, 0.6) is 5.75 Å². The van der Waals surface area contributed by atoms with Gasteiger partial charge in [-0.1, -0.05) is 6.07 Å². The van der Waals surface area contributed by atoms with Crippen molar-refractivity contribution in [3.05, 3.63) is 36.2 Å². The van der Waals surface area contributed by atoms with Gasteiger partial charge in [-0.05, 0) is 31.0 Å². The molecule has 124 valence electrons. The molecule has 1 N–H and O–H groups in total. The molecule has 2 heterocycles. The Kier molecular flexibility index (Phi) is 4.27. The zero-order chi connectivity index (χ0) is 16.4. The second-order valence-electron chi connectivity index (χ2n) is 5.49. The summed E-state index contributed by atoms with van der Waals surface area (Å²) in [6, 6.07) is 5.18. The number of aryl methyl sites for hydroxylation is 1. The Morgan fingerprint density at radius 1 is 1.43 bits per heavy atom. The number of rotatable bonds is 5. The van der Waals surface area contributed by atoms with E-state index in [0.29, 0.717) is 24.7 Å². The lowest BCUT2D eigenvalue weighted by Crippen LogP contribution is -2.14. The van der Waals surface area contributed by atoms with Crippen LogP contribution in [-0.2, 0) is 14.8 Å². The fourth-order valence-corrected chi connectivity index (χ4v) is 3.81. The van der Waals surface area contributed by atoms with E-state index < -0.39 is 10.0 Å². The molecule has 23 heavy (non-hydrogen) atoms. The normalized spacial score (nSPS) is 18.1. The van der Waals surface area contributed by atoms with Gasteiger partial charge in [-0.3, -0.25) is 9.40 Å². The van der Waals surface area contributed by atoms with Crippen molar-refractivity contribution in [3.63, 3.8) is 0 Å². The van der Waals surface area contributed by atoms with E-state index in [4.69, 9.17) is 9.47 Å². The van der Waals surface area contributed by atoms with Crippen molar-refractivity contribution in [3.8, 4) is 5.75 Å².